The minimum absolute atomic E-state index is 0.0445. The van der Waals surface area contributed by atoms with Crippen LogP contribution in [-0.4, -0.2) is 21.4 Å². The van der Waals surface area contributed by atoms with Gasteiger partial charge < -0.3 is 5.11 Å². The van der Waals surface area contributed by atoms with E-state index in [0.29, 0.717) is 16.5 Å². The number of fused-ring (bicyclic) bond motifs is 1. The van der Waals surface area contributed by atoms with E-state index in [1.165, 1.54) is 24.5 Å². The molecule has 2 rings (SSSR count). The Morgan fingerprint density at radius 1 is 1.19 bits per heavy atom. The van der Waals surface area contributed by atoms with Crippen LogP contribution in [0.15, 0.2) is 24.3 Å². The fraction of sp³-hybridized carbons (Fsp3) is 0.167. The van der Waals surface area contributed by atoms with E-state index < -0.39 is 0 Å². The standard InChI is InChI=1S/C12H11NO3/c1-7(14)9-3-4-11-10(5-9)6-12(16)13(11)8(2)15/h3-6,16H,1-2H3. The van der Waals surface area contributed by atoms with Gasteiger partial charge in [-0.3, -0.25) is 14.2 Å². The van der Waals surface area contributed by atoms with Crippen molar-refractivity contribution in [1.29, 1.82) is 0 Å². The molecular weight excluding hydrogens is 206 g/mol. The van der Waals surface area contributed by atoms with E-state index in [-0.39, 0.29) is 17.6 Å². The largest absolute Gasteiger partial charge is 0.494 e. The topological polar surface area (TPSA) is 59.3 Å². The molecule has 0 unspecified atom stereocenters. The molecule has 1 heterocycles. The fourth-order valence-electron chi connectivity index (χ4n) is 1.75. The second kappa shape index (κ2) is 3.48. The average Bonchev–Trinajstić information content (AvgIpc) is 2.51. The summed E-state index contributed by atoms with van der Waals surface area (Å²) in [6.45, 7) is 2.85. The Morgan fingerprint density at radius 2 is 1.88 bits per heavy atom. The monoisotopic (exact) mass is 217 g/mol. The Balaban J connectivity index is 2.75. The second-order valence-electron chi connectivity index (χ2n) is 3.69. The van der Waals surface area contributed by atoms with Crippen LogP contribution in [0.25, 0.3) is 10.9 Å². The first-order valence-electron chi connectivity index (χ1n) is 4.87. The summed E-state index contributed by atoms with van der Waals surface area (Å²) < 4.78 is 1.21. The van der Waals surface area contributed by atoms with Crippen molar-refractivity contribution in [2.75, 3.05) is 0 Å². The quantitative estimate of drug-likeness (QED) is 0.745. The Kier molecular flexibility index (Phi) is 2.27. The number of carbonyl (C=O) groups is 2. The summed E-state index contributed by atoms with van der Waals surface area (Å²) in [5.74, 6) is -0.414. The van der Waals surface area contributed by atoms with Gasteiger partial charge in [-0.05, 0) is 25.1 Å². The molecule has 1 aromatic carbocycles. The molecule has 16 heavy (non-hydrogen) atoms. The van der Waals surface area contributed by atoms with Gasteiger partial charge in [0.05, 0.1) is 5.52 Å². The molecule has 0 bridgehead atoms. The van der Waals surface area contributed by atoms with Crippen LogP contribution in [0.5, 0.6) is 5.88 Å². The third-order valence-electron chi connectivity index (χ3n) is 2.50. The fourth-order valence-corrected chi connectivity index (χ4v) is 1.75. The molecule has 0 saturated heterocycles. The molecule has 0 amide bonds. The lowest BCUT2D eigenvalue weighted by molar-refractivity contribution is 0.0932. The summed E-state index contributed by atoms with van der Waals surface area (Å²) in [4.78, 5) is 22.5. The third-order valence-corrected chi connectivity index (χ3v) is 2.50. The maximum atomic E-state index is 11.3. The van der Waals surface area contributed by atoms with Crippen molar-refractivity contribution in [3.63, 3.8) is 0 Å². The van der Waals surface area contributed by atoms with E-state index in [0.717, 1.165) is 0 Å². The van der Waals surface area contributed by atoms with Crippen LogP contribution in [0.4, 0.5) is 0 Å². The SMILES string of the molecule is CC(=O)c1ccc2c(c1)cc(O)n2C(C)=O. The zero-order chi connectivity index (χ0) is 11.9. The molecule has 82 valence electrons. The highest BCUT2D eigenvalue weighted by atomic mass is 16.3. The first kappa shape index (κ1) is 10.4. The van der Waals surface area contributed by atoms with E-state index >= 15 is 0 Å². The van der Waals surface area contributed by atoms with Crippen molar-refractivity contribution in [2.24, 2.45) is 0 Å². The highest BCUT2D eigenvalue weighted by molar-refractivity contribution is 6.00. The van der Waals surface area contributed by atoms with Crippen molar-refractivity contribution >= 4 is 22.6 Å². The van der Waals surface area contributed by atoms with Crippen LogP contribution in [-0.2, 0) is 0 Å². The van der Waals surface area contributed by atoms with E-state index in [1.54, 1.807) is 18.2 Å². The molecule has 0 fully saturated rings. The van der Waals surface area contributed by atoms with Crippen LogP contribution >= 0.6 is 0 Å². The maximum absolute atomic E-state index is 11.3. The number of benzene rings is 1. The molecule has 0 saturated carbocycles. The number of rotatable bonds is 1. The molecule has 0 aliphatic rings. The number of hydrogen-bond acceptors (Lipinski definition) is 3. The molecule has 0 aliphatic carbocycles. The molecule has 0 radical (unpaired) electrons. The number of nitrogens with zero attached hydrogens (tertiary/aromatic N) is 1. The van der Waals surface area contributed by atoms with Gasteiger partial charge in [0.25, 0.3) is 0 Å². The van der Waals surface area contributed by atoms with Gasteiger partial charge in [0.1, 0.15) is 0 Å². The first-order chi connectivity index (χ1) is 7.50. The molecule has 4 heteroatoms. The van der Waals surface area contributed by atoms with Crippen molar-refractivity contribution in [2.45, 2.75) is 13.8 Å². The van der Waals surface area contributed by atoms with Gasteiger partial charge in [0.15, 0.2) is 11.7 Å². The number of aromatic hydroxyl groups is 1. The van der Waals surface area contributed by atoms with Crippen LogP contribution < -0.4 is 0 Å². The predicted octanol–water partition coefficient (Wildman–Crippen LogP) is 2.21. The van der Waals surface area contributed by atoms with E-state index in [1.807, 2.05) is 0 Å². The van der Waals surface area contributed by atoms with E-state index in [9.17, 15) is 14.7 Å². The third kappa shape index (κ3) is 1.48. The van der Waals surface area contributed by atoms with Crippen molar-refractivity contribution in [1.82, 2.24) is 4.57 Å². The van der Waals surface area contributed by atoms with Gasteiger partial charge >= 0.3 is 0 Å². The zero-order valence-electron chi connectivity index (χ0n) is 9.02. The number of aromatic nitrogens is 1. The molecule has 2 aromatic rings. The smallest absolute Gasteiger partial charge is 0.230 e. The molecule has 1 N–H and O–H groups in total. The number of ketones is 1. The van der Waals surface area contributed by atoms with Crippen molar-refractivity contribution in [3.05, 3.63) is 29.8 Å². The summed E-state index contributed by atoms with van der Waals surface area (Å²) in [5.41, 5.74) is 1.17. The Labute approximate surface area is 92.1 Å². The molecule has 0 aliphatic heterocycles. The van der Waals surface area contributed by atoms with E-state index in [4.69, 9.17) is 0 Å². The van der Waals surface area contributed by atoms with Gasteiger partial charge in [-0.15, -0.1) is 0 Å². The highest BCUT2D eigenvalue weighted by Crippen LogP contribution is 2.25. The lowest BCUT2D eigenvalue weighted by atomic mass is 10.1. The van der Waals surface area contributed by atoms with E-state index in [2.05, 4.69) is 0 Å². The summed E-state index contributed by atoms with van der Waals surface area (Å²) in [5, 5.41) is 10.3. The Hall–Kier alpha value is -2.10. The summed E-state index contributed by atoms with van der Waals surface area (Å²) in [6, 6.07) is 6.44. The van der Waals surface area contributed by atoms with Gasteiger partial charge in [-0.2, -0.15) is 0 Å². The minimum atomic E-state index is -0.261. The second-order valence-corrected chi connectivity index (χ2v) is 3.69. The van der Waals surface area contributed by atoms with Gasteiger partial charge in [0, 0.05) is 23.9 Å². The highest BCUT2D eigenvalue weighted by Gasteiger charge is 2.12. The first-order valence-corrected chi connectivity index (χ1v) is 4.87. The Morgan fingerprint density at radius 3 is 2.44 bits per heavy atom. The number of carbonyl (C=O) groups excluding carboxylic acids is 2. The van der Waals surface area contributed by atoms with Crippen LogP contribution in [0.1, 0.15) is 29.0 Å². The van der Waals surface area contributed by atoms with Crippen LogP contribution in [0.3, 0.4) is 0 Å². The zero-order valence-corrected chi connectivity index (χ0v) is 9.02. The normalized spacial score (nSPS) is 10.6. The van der Waals surface area contributed by atoms with Gasteiger partial charge in [-0.1, -0.05) is 0 Å². The predicted molar refractivity (Wildman–Crippen MR) is 59.9 cm³/mol. The molecule has 4 nitrogen and oxygen atoms in total. The number of hydrogen-bond donors (Lipinski definition) is 1. The summed E-state index contributed by atoms with van der Waals surface area (Å²) in [7, 11) is 0. The van der Waals surface area contributed by atoms with Crippen LogP contribution in [0.2, 0.25) is 0 Å². The lowest BCUT2D eigenvalue weighted by Crippen LogP contribution is -2.04. The van der Waals surface area contributed by atoms with Crippen LogP contribution in [0, 0.1) is 0 Å². The average molecular weight is 217 g/mol. The van der Waals surface area contributed by atoms with Crippen molar-refractivity contribution in [3.8, 4) is 5.88 Å². The number of Topliss-reactive ketones (excluding diaryl/α,β-unsaturated/α-hetero) is 1. The Bertz CT molecular complexity index is 596. The summed E-state index contributed by atoms with van der Waals surface area (Å²) >= 11 is 0. The summed E-state index contributed by atoms with van der Waals surface area (Å²) in [6.07, 6.45) is 0. The molecule has 0 spiro atoms. The molecule has 0 atom stereocenters. The lowest BCUT2D eigenvalue weighted by Gasteiger charge is -2.01. The van der Waals surface area contributed by atoms with Gasteiger partial charge in [0.2, 0.25) is 5.91 Å². The maximum Gasteiger partial charge on any atom is 0.230 e. The minimum Gasteiger partial charge on any atom is -0.494 e. The van der Waals surface area contributed by atoms with Gasteiger partial charge in [-0.25, -0.2) is 0 Å². The molecule has 1 aromatic heterocycles. The van der Waals surface area contributed by atoms with Crippen molar-refractivity contribution < 1.29 is 14.7 Å². The molecular formula is C12H11NO3.